The molecule has 5 nitrogen and oxygen atoms in total. The fourth-order valence-corrected chi connectivity index (χ4v) is 1.66. The van der Waals surface area contributed by atoms with Crippen molar-refractivity contribution < 1.29 is 28.2 Å². The van der Waals surface area contributed by atoms with Crippen molar-refractivity contribution in [1.82, 2.24) is 0 Å². The predicted octanol–water partition coefficient (Wildman–Crippen LogP) is 2.73. The lowest BCUT2D eigenvalue weighted by Crippen LogP contribution is -2.17. The number of hydrogen-bond donors (Lipinski definition) is 2. The van der Waals surface area contributed by atoms with E-state index in [4.69, 9.17) is 5.11 Å². The van der Waals surface area contributed by atoms with E-state index in [9.17, 15) is 18.4 Å². The van der Waals surface area contributed by atoms with Gasteiger partial charge in [0, 0.05) is 12.8 Å². The van der Waals surface area contributed by atoms with Gasteiger partial charge in [-0.25, -0.2) is 0 Å². The summed E-state index contributed by atoms with van der Waals surface area (Å²) in [6.45, 7) is -1.37. The van der Waals surface area contributed by atoms with Gasteiger partial charge in [-0.1, -0.05) is 19.1 Å². The summed E-state index contributed by atoms with van der Waals surface area (Å²) in [7, 11) is 0. The number of carboxylic acid groups (broad SMARTS) is 1. The maximum absolute atomic E-state index is 12.2. The molecule has 0 heterocycles. The van der Waals surface area contributed by atoms with Crippen LogP contribution >= 0.6 is 0 Å². The van der Waals surface area contributed by atoms with Crippen molar-refractivity contribution in [2.75, 3.05) is 5.32 Å². The summed E-state index contributed by atoms with van der Waals surface area (Å²) < 4.78 is 28.7. The van der Waals surface area contributed by atoms with Crippen molar-refractivity contribution in [1.29, 1.82) is 0 Å². The number of anilines is 1. The van der Waals surface area contributed by atoms with E-state index in [1.165, 1.54) is 18.2 Å². The number of para-hydroxylation sites is 2. The lowest BCUT2D eigenvalue weighted by Gasteiger charge is -2.13. The Hall–Kier alpha value is -2.18. The van der Waals surface area contributed by atoms with Crippen LogP contribution in [0.15, 0.2) is 24.3 Å². The Morgan fingerprint density at radius 3 is 2.55 bits per heavy atom. The molecule has 1 aromatic rings. The molecular weight excluding hydrogens is 272 g/mol. The molecule has 0 spiro atoms. The van der Waals surface area contributed by atoms with Crippen LogP contribution in [-0.2, 0) is 9.59 Å². The number of carbonyl (C=O) groups excluding carboxylic acids is 1. The minimum atomic E-state index is -2.99. The Labute approximate surface area is 114 Å². The lowest BCUT2D eigenvalue weighted by molar-refractivity contribution is -0.138. The molecule has 1 amide bonds. The summed E-state index contributed by atoms with van der Waals surface area (Å²) in [6, 6.07) is 5.80. The van der Waals surface area contributed by atoms with E-state index in [1.54, 1.807) is 13.0 Å². The molecule has 2 N–H and O–H groups in total. The highest BCUT2D eigenvalue weighted by atomic mass is 19.3. The molecule has 20 heavy (non-hydrogen) atoms. The van der Waals surface area contributed by atoms with E-state index >= 15 is 0 Å². The number of carboxylic acids is 1. The number of carbonyl (C=O) groups is 2. The van der Waals surface area contributed by atoms with Crippen LogP contribution in [0, 0.1) is 5.92 Å². The van der Waals surface area contributed by atoms with E-state index in [2.05, 4.69) is 10.1 Å². The lowest BCUT2D eigenvalue weighted by atomic mass is 10.0. The van der Waals surface area contributed by atoms with Crippen LogP contribution < -0.4 is 10.1 Å². The minimum absolute atomic E-state index is 0.0185. The van der Waals surface area contributed by atoms with Crippen LogP contribution in [0.25, 0.3) is 0 Å². The highest BCUT2D eigenvalue weighted by Gasteiger charge is 2.15. The van der Waals surface area contributed by atoms with Gasteiger partial charge in [0.2, 0.25) is 5.91 Å². The Morgan fingerprint density at radius 2 is 1.95 bits per heavy atom. The topological polar surface area (TPSA) is 75.6 Å². The second-order valence-corrected chi connectivity index (χ2v) is 4.33. The van der Waals surface area contributed by atoms with Crippen LogP contribution in [0.1, 0.15) is 19.8 Å². The van der Waals surface area contributed by atoms with Gasteiger partial charge in [0.25, 0.3) is 0 Å². The highest BCUT2D eigenvalue weighted by molar-refractivity contribution is 5.92. The standard InChI is InChI=1S/C13H15F2NO4/c1-8(7-12(18)19)6-11(17)16-9-4-2-3-5-10(9)20-13(14)15/h2-5,8,13H,6-7H2,1H3,(H,16,17)(H,18,19). The second kappa shape index (κ2) is 7.42. The molecule has 0 fully saturated rings. The van der Waals surface area contributed by atoms with E-state index in [-0.39, 0.29) is 30.2 Å². The normalized spacial score (nSPS) is 12.0. The quantitative estimate of drug-likeness (QED) is 0.808. The van der Waals surface area contributed by atoms with Crippen LogP contribution in [0.5, 0.6) is 5.75 Å². The number of ether oxygens (including phenoxy) is 1. The second-order valence-electron chi connectivity index (χ2n) is 4.33. The third kappa shape index (κ3) is 5.64. The average molecular weight is 287 g/mol. The predicted molar refractivity (Wildman–Crippen MR) is 67.7 cm³/mol. The summed E-state index contributed by atoms with van der Waals surface area (Å²) in [5.74, 6) is -1.94. The number of hydrogen-bond acceptors (Lipinski definition) is 3. The van der Waals surface area contributed by atoms with Gasteiger partial charge in [0.15, 0.2) is 0 Å². The largest absolute Gasteiger partial charge is 0.481 e. The van der Waals surface area contributed by atoms with E-state index in [0.717, 1.165) is 0 Å². The maximum Gasteiger partial charge on any atom is 0.387 e. The molecule has 0 aromatic heterocycles. The molecule has 7 heteroatoms. The molecule has 1 aromatic carbocycles. The first-order chi connectivity index (χ1) is 9.38. The zero-order valence-corrected chi connectivity index (χ0v) is 10.8. The van der Waals surface area contributed by atoms with Gasteiger partial charge in [-0.15, -0.1) is 0 Å². The molecule has 0 bridgehead atoms. The summed E-state index contributed by atoms with van der Waals surface area (Å²) in [6.07, 6.45) is -0.155. The third-order valence-electron chi connectivity index (χ3n) is 2.43. The van der Waals surface area contributed by atoms with E-state index in [0.29, 0.717) is 0 Å². The number of halogens is 2. The minimum Gasteiger partial charge on any atom is -0.481 e. The molecule has 0 saturated heterocycles. The number of rotatable bonds is 7. The SMILES string of the molecule is CC(CC(=O)O)CC(=O)Nc1ccccc1OC(F)F. The highest BCUT2D eigenvalue weighted by Crippen LogP contribution is 2.25. The molecule has 0 radical (unpaired) electrons. The van der Waals surface area contributed by atoms with Gasteiger partial charge >= 0.3 is 12.6 Å². The van der Waals surface area contributed by atoms with Crippen LogP contribution in [-0.4, -0.2) is 23.6 Å². The van der Waals surface area contributed by atoms with Crippen molar-refractivity contribution in [2.45, 2.75) is 26.4 Å². The fourth-order valence-electron chi connectivity index (χ4n) is 1.66. The zero-order chi connectivity index (χ0) is 15.1. The first kappa shape index (κ1) is 15.9. The molecule has 0 saturated carbocycles. The first-order valence-electron chi connectivity index (χ1n) is 5.94. The Bertz CT molecular complexity index is 479. The maximum atomic E-state index is 12.2. The van der Waals surface area contributed by atoms with Gasteiger partial charge in [0.1, 0.15) is 5.75 Å². The smallest absolute Gasteiger partial charge is 0.387 e. The molecule has 0 aliphatic rings. The zero-order valence-electron chi connectivity index (χ0n) is 10.8. The number of alkyl halides is 2. The van der Waals surface area contributed by atoms with Crippen LogP contribution in [0.2, 0.25) is 0 Å². The van der Waals surface area contributed by atoms with Crippen molar-refractivity contribution in [2.24, 2.45) is 5.92 Å². The summed E-state index contributed by atoms with van der Waals surface area (Å²) in [5.41, 5.74) is 0.125. The molecule has 0 aliphatic carbocycles. The fraction of sp³-hybridized carbons (Fsp3) is 0.385. The molecule has 110 valence electrons. The molecule has 1 atom stereocenters. The van der Waals surface area contributed by atoms with Gasteiger partial charge in [-0.3, -0.25) is 9.59 Å². The third-order valence-corrected chi connectivity index (χ3v) is 2.43. The van der Waals surface area contributed by atoms with Gasteiger partial charge in [0.05, 0.1) is 5.69 Å². The van der Waals surface area contributed by atoms with Gasteiger partial charge in [-0.05, 0) is 18.1 Å². The summed E-state index contributed by atoms with van der Waals surface area (Å²) >= 11 is 0. The summed E-state index contributed by atoms with van der Waals surface area (Å²) in [4.78, 5) is 22.2. The van der Waals surface area contributed by atoms with Gasteiger partial charge in [-0.2, -0.15) is 8.78 Å². The van der Waals surface area contributed by atoms with Crippen LogP contribution in [0.4, 0.5) is 14.5 Å². The Balaban J connectivity index is 2.63. The molecule has 0 aliphatic heterocycles. The van der Waals surface area contributed by atoms with Crippen molar-refractivity contribution in [3.8, 4) is 5.75 Å². The van der Waals surface area contributed by atoms with Crippen LogP contribution in [0.3, 0.4) is 0 Å². The average Bonchev–Trinajstić information content (AvgIpc) is 2.29. The number of benzene rings is 1. The molecule has 1 unspecified atom stereocenters. The van der Waals surface area contributed by atoms with E-state index < -0.39 is 18.5 Å². The summed E-state index contributed by atoms with van der Waals surface area (Å²) in [5, 5.41) is 11.0. The first-order valence-corrected chi connectivity index (χ1v) is 5.94. The number of nitrogens with one attached hydrogen (secondary N) is 1. The van der Waals surface area contributed by atoms with Gasteiger partial charge < -0.3 is 15.2 Å². The van der Waals surface area contributed by atoms with Crippen molar-refractivity contribution in [3.05, 3.63) is 24.3 Å². The van der Waals surface area contributed by atoms with Crippen molar-refractivity contribution in [3.63, 3.8) is 0 Å². The Morgan fingerprint density at radius 1 is 1.30 bits per heavy atom. The number of amides is 1. The number of aliphatic carboxylic acids is 1. The van der Waals surface area contributed by atoms with Crippen molar-refractivity contribution >= 4 is 17.6 Å². The van der Waals surface area contributed by atoms with E-state index in [1.807, 2.05) is 0 Å². The monoisotopic (exact) mass is 287 g/mol. The molecule has 1 rings (SSSR count). The molecular formula is C13H15F2NO4. The Kier molecular flexibility index (Phi) is 5.89.